The third-order valence-electron chi connectivity index (χ3n) is 2.23. The molecule has 5 heteroatoms. The van der Waals surface area contributed by atoms with E-state index in [9.17, 15) is 4.79 Å². The highest BCUT2D eigenvalue weighted by Crippen LogP contribution is 2.18. The minimum Gasteiger partial charge on any atom is -0.475 e. The Hall–Kier alpha value is -1.49. The number of carboxylic acid groups (broad SMARTS) is 1. The fraction of sp³-hybridized carbons (Fsp3) is 0.500. The second-order valence-corrected chi connectivity index (χ2v) is 3.37. The summed E-state index contributed by atoms with van der Waals surface area (Å²) in [5, 5.41) is 8.60. The van der Waals surface area contributed by atoms with E-state index in [4.69, 9.17) is 19.0 Å². The van der Waals surface area contributed by atoms with Crippen molar-refractivity contribution in [3.8, 4) is 5.95 Å². The number of carbonyl (C=O) groups is 1. The number of rotatable bonds is 4. The Balaban J connectivity index is 1.84. The maximum Gasteiger partial charge on any atom is 0.371 e. The van der Waals surface area contributed by atoms with E-state index >= 15 is 0 Å². The molecule has 0 amide bonds. The molecule has 1 atom stereocenters. The van der Waals surface area contributed by atoms with Crippen molar-refractivity contribution in [1.29, 1.82) is 0 Å². The van der Waals surface area contributed by atoms with Crippen molar-refractivity contribution in [2.75, 3.05) is 13.2 Å². The fourth-order valence-electron chi connectivity index (χ4n) is 1.46. The van der Waals surface area contributed by atoms with Gasteiger partial charge in [0.15, 0.2) is 0 Å². The number of furan rings is 1. The molecule has 0 saturated carbocycles. The smallest absolute Gasteiger partial charge is 0.371 e. The maximum absolute atomic E-state index is 10.5. The standard InChI is InChI=1S/C10H12O5/c11-10(12)8-3-4-9(15-8)14-6-7-2-1-5-13-7/h3-4,7H,1-2,5-6H2,(H,11,12). The Morgan fingerprint density at radius 1 is 1.60 bits per heavy atom. The van der Waals surface area contributed by atoms with E-state index in [1.165, 1.54) is 12.1 Å². The molecule has 1 aliphatic rings. The van der Waals surface area contributed by atoms with Crippen LogP contribution in [0.1, 0.15) is 23.4 Å². The molecule has 0 spiro atoms. The Labute approximate surface area is 86.6 Å². The molecule has 0 aliphatic carbocycles. The summed E-state index contributed by atoms with van der Waals surface area (Å²) in [5.74, 6) is -0.984. The molecular formula is C10H12O5. The first-order valence-electron chi connectivity index (χ1n) is 4.83. The van der Waals surface area contributed by atoms with E-state index in [-0.39, 0.29) is 17.8 Å². The first-order valence-corrected chi connectivity index (χ1v) is 4.83. The Morgan fingerprint density at radius 3 is 3.07 bits per heavy atom. The highest BCUT2D eigenvalue weighted by atomic mass is 16.6. The van der Waals surface area contributed by atoms with Crippen molar-refractivity contribution in [2.45, 2.75) is 18.9 Å². The predicted molar refractivity (Wildman–Crippen MR) is 50.1 cm³/mol. The van der Waals surface area contributed by atoms with Crippen LogP contribution in [0.25, 0.3) is 0 Å². The van der Waals surface area contributed by atoms with E-state index < -0.39 is 5.97 Å². The van der Waals surface area contributed by atoms with Gasteiger partial charge in [-0.15, -0.1) is 0 Å². The number of carboxylic acids is 1. The van der Waals surface area contributed by atoms with Crippen LogP contribution in [-0.4, -0.2) is 30.4 Å². The third-order valence-corrected chi connectivity index (χ3v) is 2.23. The van der Waals surface area contributed by atoms with Crippen molar-refractivity contribution in [1.82, 2.24) is 0 Å². The van der Waals surface area contributed by atoms with E-state index in [0.29, 0.717) is 6.61 Å². The molecule has 2 rings (SSSR count). The second kappa shape index (κ2) is 4.35. The topological polar surface area (TPSA) is 68.9 Å². The molecule has 1 N–H and O–H groups in total. The number of hydrogen-bond acceptors (Lipinski definition) is 4. The molecular weight excluding hydrogens is 200 g/mol. The van der Waals surface area contributed by atoms with Gasteiger partial charge in [-0.2, -0.15) is 0 Å². The van der Waals surface area contributed by atoms with Gasteiger partial charge in [0.25, 0.3) is 5.95 Å². The normalized spacial score (nSPS) is 20.4. The minimum absolute atomic E-state index is 0.100. The summed E-state index contributed by atoms with van der Waals surface area (Å²) in [5.41, 5.74) is 0. The number of ether oxygens (including phenoxy) is 2. The van der Waals surface area contributed by atoms with Gasteiger partial charge in [0.05, 0.1) is 6.10 Å². The number of aromatic carboxylic acids is 1. The van der Waals surface area contributed by atoms with Crippen molar-refractivity contribution in [2.24, 2.45) is 0 Å². The van der Waals surface area contributed by atoms with Gasteiger partial charge in [0, 0.05) is 12.7 Å². The molecule has 1 aromatic heterocycles. The van der Waals surface area contributed by atoms with Crippen molar-refractivity contribution in [3.05, 3.63) is 17.9 Å². The summed E-state index contributed by atoms with van der Waals surface area (Å²) in [6, 6.07) is 2.87. The van der Waals surface area contributed by atoms with E-state index in [1.807, 2.05) is 0 Å². The molecule has 5 nitrogen and oxygen atoms in total. The molecule has 1 aliphatic heterocycles. The average Bonchev–Trinajstić information content (AvgIpc) is 2.86. The average molecular weight is 212 g/mol. The van der Waals surface area contributed by atoms with Crippen molar-refractivity contribution in [3.63, 3.8) is 0 Å². The van der Waals surface area contributed by atoms with Gasteiger partial charge in [-0.05, 0) is 18.9 Å². The van der Waals surface area contributed by atoms with Gasteiger partial charge in [-0.25, -0.2) is 4.79 Å². The molecule has 82 valence electrons. The molecule has 15 heavy (non-hydrogen) atoms. The van der Waals surface area contributed by atoms with Crippen molar-refractivity contribution >= 4 is 5.97 Å². The molecule has 1 fully saturated rings. The summed E-state index contributed by atoms with van der Waals surface area (Å²) in [7, 11) is 0. The first kappa shape index (κ1) is 10.0. The van der Waals surface area contributed by atoms with Gasteiger partial charge in [0.2, 0.25) is 5.76 Å². The summed E-state index contributed by atoms with van der Waals surface area (Å²) in [6.45, 7) is 1.18. The monoisotopic (exact) mass is 212 g/mol. The van der Waals surface area contributed by atoms with Crippen LogP contribution in [0.3, 0.4) is 0 Å². The maximum atomic E-state index is 10.5. The van der Waals surface area contributed by atoms with Crippen LogP contribution in [0.5, 0.6) is 5.95 Å². The molecule has 1 saturated heterocycles. The van der Waals surface area contributed by atoms with Crippen LogP contribution in [0.4, 0.5) is 0 Å². The largest absolute Gasteiger partial charge is 0.475 e. The van der Waals surface area contributed by atoms with Gasteiger partial charge in [0.1, 0.15) is 6.61 Å². The summed E-state index contributed by atoms with van der Waals surface area (Å²) < 4.78 is 15.5. The van der Waals surface area contributed by atoms with E-state index in [0.717, 1.165) is 19.4 Å². The third kappa shape index (κ3) is 2.50. The molecule has 2 heterocycles. The highest BCUT2D eigenvalue weighted by molar-refractivity contribution is 5.84. The lowest BCUT2D eigenvalue weighted by Gasteiger charge is -2.08. The lowest BCUT2D eigenvalue weighted by atomic mass is 10.2. The number of hydrogen-bond donors (Lipinski definition) is 1. The Kier molecular flexibility index (Phi) is 2.91. The zero-order valence-corrected chi connectivity index (χ0v) is 8.14. The molecule has 0 aromatic carbocycles. The van der Waals surface area contributed by atoms with Gasteiger partial charge in [-0.3, -0.25) is 0 Å². The summed E-state index contributed by atoms with van der Waals surface area (Å²) >= 11 is 0. The quantitative estimate of drug-likeness (QED) is 0.819. The van der Waals surface area contributed by atoms with Crippen LogP contribution in [-0.2, 0) is 4.74 Å². The zero-order valence-electron chi connectivity index (χ0n) is 8.14. The van der Waals surface area contributed by atoms with Gasteiger partial charge >= 0.3 is 5.97 Å². The van der Waals surface area contributed by atoms with Crippen LogP contribution in [0.2, 0.25) is 0 Å². The summed E-state index contributed by atoms with van der Waals surface area (Å²) in [6.07, 6.45) is 2.13. The first-order chi connectivity index (χ1) is 7.25. The van der Waals surface area contributed by atoms with E-state index in [2.05, 4.69) is 0 Å². The minimum atomic E-state index is -1.10. The molecule has 0 bridgehead atoms. The lowest BCUT2D eigenvalue weighted by molar-refractivity contribution is 0.0549. The van der Waals surface area contributed by atoms with Crippen molar-refractivity contribution < 1.29 is 23.8 Å². The molecule has 0 radical (unpaired) electrons. The van der Waals surface area contributed by atoms with Crippen LogP contribution < -0.4 is 4.74 Å². The molecule has 1 unspecified atom stereocenters. The van der Waals surface area contributed by atoms with Crippen LogP contribution in [0.15, 0.2) is 16.5 Å². The Morgan fingerprint density at radius 2 is 2.47 bits per heavy atom. The van der Waals surface area contributed by atoms with Gasteiger partial charge < -0.3 is 19.0 Å². The predicted octanol–water partition coefficient (Wildman–Crippen LogP) is 1.54. The fourth-order valence-corrected chi connectivity index (χ4v) is 1.46. The van der Waals surface area contributed by atoms with Crippen LogP contribution in [0, 0.1) is 0 Å². The summed E-state index contributed by atoms with van der Waals surface area (Å²) in [4.78, 5) is 10.5. The highest BCUT2D eigenvalue weighted by Gasteiger charge is 2.17. The SMILES string of the molecule is O=C(O)c1ccc(OCC2CCCO2)o1. The molecule has 1 aromatic rings. The Bertz CT molecular complexity index is 337. The second-order valence-electron chi connectivity index (χ2n) is 3.37. The van der Waals surface area contributed by atoms with Gasteiger partial charge in [-0.1, -0.05) is 0 Å². The lowest BCUT2D eigenvalue weighted by Crippen LogP contribution is -2.15. The van der Waals surface area contributed by atoms with E-state index in [1.54, 1.807) is 0 Å². The van der Waals surface area contributed by atoms with Crippen LogP contribution >= 0.6 is 0 Å². The zero-order chi connectivity index (χ0) is 10.7.